The highest BCUT2D eigenvalue weighted by Crippen LogP contribution is 2.10. The lowest BCUT2D eigenvalue weighted by molar-refractivity contribution is -0.138. The topological polar surface area (TPSA) is 58.6 Å². The third kappa shape index (κ3) is 4.07. The lowest BCUT2D eigenvalue weighted by Gasteiger charge is -2.32. The first-order valence-corrected chi connectivity index (χ1v) is 7.73. The Bertz CT molecular complexity index is 519. The van der Waals surface area contributed by atoms with Gasteiger partial charge in [-0.2, -0.15) is 0 Å². The zero-order valence-corrected chi connectivity index (χ0v) is 13.5. The summed E-state index contributed by atoms with van der Waals surface area (Å²) in [6, 6.07) is 6.83. The van der Waals surface area contributed by atoms with Crippen LogP contribution in [0.2, 0.25) is 0 Å². The van der Waals surface area contributed by atoms with E-state index in [1.165, 1.54) is 0 Å². The molecule has 0 radical (unpaired) electrons. The molecule has 2 rings (SSSR count). The molecule has 0 aliphatic carbocycles. The molecule has 1 fully saturated rings. The van der Waals surface area contributed by atoms with Gasteiger partial charge in [-0.15, -0.1) is 0 Å². The van der Waals surface area contributed by atoms with Gasteiger partial charge < -0.3 is 15.0 Å². The van der Waals surface area contributed by atoms with Crippen molar-refractivity contribution in [3.63, 3.8) is 0 Å². The maximum Gasteiger partial charge on any atom is 0.251 e. The molecular weight excluding hydrogens is 280 g/mol. The number of rotatable bonds is 4. The van der Waals surface area contributed by atoms with Crippen LogP contribution >= 0.6 is 0 Å². The second kappa shape index (κ2) is 7.40. The van der Waals surface area contributed by atoms with E-state index in [0.717, 1.165) is 5.56 Å². The van der Waals surface area contributed by atoms with Crippen molar-refractivity contribution in [3.8, 4) is 0 Å². The van der Waals surface area contributed by atoms with Crippen LogP contribution in [0.25, 0.3) is 0 Å². The average molecular weight is 304 g/mol. The predicted molar refractivity (Wildman–Crippen MR) is 84.7 cm³/mol. The minimum atomic E-state index is -0.507. The van der Waals surface area contributed by atoms with E-state index in [0.29, 0.717) is 31.9 Å². The molecule has 22 heavy (non-hydrogen) atoms. The maximum absolute atomic E-state index is 12.6. The second-order valence-corrected chi connectivity index (χ2v) is 6.00. The molecule has 0 bridgehead atoms. The van der Waals surface area contributed by atoms with Gasteiger partial charge in [0.25, 0.3) is 5.91 Å². The van der Waals surface area contributed by atoms with Crippen LogP contribution in [-0.4, -0.2) is 49.1 Å². The van der Waals surface area contributed by atoms with Crippen molar-refractivity contribution >= 4 is 11.8 Å². The first-order chi connectivity index (χ1) is 10.5. The summed E-state index contributed by atoms with van der Waals surface area (Å²) in [7, 11) is 0. The molecule has 1 saturated heterocycles. The molecule has 0 aromatic heterocycles. The molecule has 5 nitrogen and oxygen atoms in total. The number of hydrogen-bond acceptors (Lipinski definition) is 3. The highest BCUT2D eigenvalue weighted by Gasteiger charge is 2.29. The summed E-state index contributed by atoms with van der Waals surface area (Å²) in [4.78, 5) is 26.7. The minimum absolute atomic E-state index is 0.0289. The van der Waals surface area contributed by atoms with Gasteiger partial charge in [0.15, 0.2) is 0 Å². The van der Waals surface area contributed by atoms with Gasteiger partial charge in [-0.3, -0.25) is 9.59 Å². The maximum atomic E-state index is 12.6. The summed E-state index contributed by atoms with van der Waals surface area (Å²) in [5.41, 5.74) is 1.67. The van der Waals surface area contributed by atoms with Crippen LogP contribution in [0.1, 0.15) is 29.8 Å². The van der Waals surface area contributed by atoms with Crippen LogP contribution < -0.4 is 5.32 Å². The van der Waals surface area contributed by atoms with E-state index in [1.807, 2.05) is 32.9 Å². The quantitative estimate of drug-likeness (QED) is 0.919. The van der Waals surface area contributed by atoms with Gasteiger partial charge >= 0.3 is 0 Å². The summed E-state index contributed by atoms with van der Waals surface area (Å²) >= 11 is 0. The Morgan fingerprint density at radius 2 is 1.73 bits per heavy atom. The van der Waals surface area contributed by atoms with E-state index >= 15 is 0 Å². The molecular formula is C17H24N2O3. The fourth-order valence-electron chi connectivity index (χ4n) is 2.42. The third-order valence-electron chi connectivity index (χ3n) is 3.86. The number of nitrogens with one attached hydrogen (secondary N) is 1. The molecule has 120 valence electrons. The van der Waals surface area contributed by atoms with Crippen molar-refractivity contribution in [1.82, 2.24) is 10.2 Å². The number of ether oxygens (including phenoxy) is 1. The molecule has 1 N–H and O–H groups in total. The summed E-state index contributed by atoms with van der Waals surface area (Å²) in [5.74, 6) is -0.205. The van der Waals surface area contributed by atoms with Crippen molar-refractivity contribution in [3.05, 3.63) is 35.4 Å². The number of carbonyl (C=O) groups is 2. The predicted octanol–water partition coefficient (Wildman–Crippen LogP) is 1.61. The third-order valence-corrected chi connectivity index (χ3v) is 3.86. The van der Waals surface area contributed by atoms with Crippen molar-refractivity contribution in [2.75, 3.05) is 26.3 Å². The zero-order valence-electron chi connectivity index (χ0n) is 13.5. The molecule has 1 unspecified atom stereocenters. The van der Waals surface area contributed by atoms with Crippen LogP contribution in [0.5, 0.6) is 0 Å². The van der Waals surface area contributed by atoms with Crippen molar-refractivity contribution in [2.24, 2.45) is 5.92 Å². The number of amides is 2. The summed E-state index contributed by atoms with van der Waals surface area (Å²) in [6.45, 7) is 8.15. The van der Waals surface area contributed by atoms with E-state index in [-0.39, 0.29) is 17.7 Å². The SMILES string of the molecule is Cc1ccc(C(=O)NC(C(=O)N2CCOCC2)C(C)C)cc1. The van der Waals surface area contributed by atoms with Crippen molar-refractivity contribution in [2.45, 2.75) is 26.8 Å². The Kier molecular flexibility index (Phi) is 5.55. The highest BCUT2D eigenvalue weighted by atomic mass is 16.5. The molecule has 5 heteroatoms. The molecule has 2 amide bonds. The summed E-state index contributed by atoms with van der Waals surface area (Å²) in [6.07, 6.45) is 0. The van der Waals surface area contributed by atoms with Crippen LogP contribution in [-0.2, 0) is 9.53 Å². The van der Waals surface area contributed by atoms with Crippen LogP contribution in [0, 0.1) is 12.8 Å². The monoisotopic (exact) mass is 304 g/mol. The van der Waals surface area contributed by atoms with Gasteiger partial charge in [0, 0.05) is 18.7 Å². The fraction of sp³-hybridized carbons (Fsp3) is 0.529. The number of carbonyl (C=O) groups excluding carboxylic acids is 2. The average Bonchev–Trinajstić information content (AvgIpc) is 2.53. The smallest absolute Gasteiger partial charge is 0.251 e. The molecule has 1 atom stereocenters. The zero-order chi connectivity index (χ0) is 16.1. The number of aryl methyl sites for hydroxylation is 1. The first kappa shape index (κ1) is 16.5. The molecule has 1 aliphatic rings. The van der Waals surface area contributed by atoms with Crippen molar-refractivity contribution in [1.29, 1.82) is 0 Å². The van der Waals surface area contributed by atoms with E-state index in [1.54, 1.807) is 17.0 Å². The number of morpholine rings is 1. The van der Waals surface area contributed by atoms with Crippen LogP contribution in [0.4, 0.5) is 0 Å². The Hall–Kier alpha value is -1.88. The molecule has 1 aromatic rings. The number of hydrogen-bond donors (Lipinski definition) is 1. The molecule has 0 spiro atoms. The minimum Gasteiger partial charge on any atom is -0.378 e. The van der Waals surface area contributed by atoms with Gasteiger partial charge in [0.2, 0.25) is 5.91 Å². The second-order valence-electron chi connectivity index (χ2n) is 6.00. The number of benzene rings is 1. The largest absolute Gasteiger partial charge is 0.378 e. The molecule has 1 heterocycles. The Morgan fingerprint density at radius 1 is 1.14 bits per heavy atom. The van der Waals surface area contributed by atoms with Crippen LogP contribution in [0.15, 0.2) is 24.3 Å². The van der Waals surface area contributed by atoms with E-state index < -0.39 is 6.04 Å². The van der Waals surface area contributed by atoms with E-state index in [4.69, 9.17) is 4.74 Å². The number of nitrogens with zero attached hydrogens (tertiary/aromatic N) is 1. The first-order valence-electron chi connectivity index (χ1n) is 7.73. The summed E-state index contributed by atoms with van der Waals surface area (Å²) in [5, 5.41) is 2.88. The lowest BCUT2D eigenvalue weighted by Crippen LogP contribution is -2.53. The molecule has 1 aromatic carbocycles. The normalized spacial score (nSPS) is 16.5. The van der Waals surface area contributed by atoms with Gasteiger partial charge in [0.05, 0.1) is 13.2 Å². The van der Waals surface area contributed by atoms with E-state index in [9.17, 15) is 9.59 Å². The van der Waals surface area contributed by atoms with Gasteiger partial charge in [-0.05, 0) is 25.0 Å². The van der Waals surface area contributed by atoms with Crippen molar-refractivity contribution < 1.29 is 14.3 Å². The van der Waals surface area contributed by atoms with Gasteiger partial charge in [-0.25, -0.2) is 0 Å². The summed E-state index contributed by atoms with van der Waals surface area (Å²) < 4.78 is 5.27. The highest BCUT2D eigenvalue weighted by molar-refractivity contribution is 5.97. The Balaban J connectivity index is 2.06. The Morgan fingerprint density at radius 3 is 2.27 bits per heavy atom. The van der Waals surface area contributed by atoms with E-state index in [2.05, 4.69) is 5.32 Å². The molecule has 0 saturated carbocycles. The standard InChI is InChI=1S/C17H24N2O3/c1-12(2)15(17(21)19-8-10-22-11-9-19)18-16(20)14-6-4-13(3)5-7-14/h4-7,12,15H,8-11H2,1-3H3,(H,18,20). The van der Waals surface area contributed by atoms with Gasteiger partial charge in [-0.1, -0.05) is 31.5 Å². The van der Waals surface area contributed by atoms with Crippen LogP contribution in [0.3, 0.4) is 0 Å². The Labute approximate surface area is 131 Å². The lowest BCUT2D eigenvalue weighted by atomic mass is 10.0. The molecule has 1 aliphatic heterocycles. The van der Waals surface area contributed by atoms with Gasteiger partial charge in [0.1, 0.15) is 6.04 Å². The fourth-order valence-corrected chi connectivity index (χ4v) is 2.42.